The molecule has 0 aliphatic carbocycles. The topological polar surface area (TPSA) is 75.6 Å². The van der Waals surface area contributed by atoms with Crippen LogP contribution in [0, 0.1) is 17.3 Å². The molecule has 1 aromatic carbocycles. The van der Waals surface area contributed by atoms with Crippen molar-refractivity contribution >= 4 is 28.5 Å². The van der Waals surface area contributed by atoms with Crippen LogP contribution >= 0.6 is 11.6 Å². The van der Waals surface area contributed by atoms with Gasteiger partial charge in [0.1, 0.15) is 17.6 Å². The first-order valence-corrected chi connectivity index (χ1v) is 12.4. The SMILES string of the molecule is COc1ccc2ncc(Cl)c([C@H](F)CCC3(CC(=O)O)CCN(CC#Cc4ccccn4)CC3)c2c1. The molecule has 1 N–H and O–H groups in total. The summed E-state index contributed by atoms with van der Waals surface area (Å²) in [6.07, 6.45) is 3.85. The number of rotatable bonds is 8. The van der Waals surface area contributed by atoms with Gasteiger partial charge in [0.25, 0.3) is 0 Å². The average Bonchev–Trinajstić information content (AvgIpc) is 2.88. The van der Waals surface area contributed by atoms with E-state index in [-0.39, 0.29) is 17.9 Å². The van der Waals surface area contributed by atoms with Gasteiger partial charge in [0.15, 0.2) is 0 Å². The second-order valence-electron chi connectivity index (χ2n) is 9.27. The standard InChI is InChI=1S/C28H29ClFN3O3/c1-36-21-7-8-25-22(17-21)27(23(29)19-32-25)24(30)9-10-28(18-26(34)35)11-15-33(16-12-28)14-4-6-20-5-2-3-13-31-20/h2-3,5,7-8,13,17,19,24H,9-12,14-16,18H2,1H3,(H,34,35)/t24-/m1/s1. The van der Waals surface area contributed by atoms with Gasteiger partial charge in [0, 0.05) is 23.3 Å². The Kier molecular flexibility index (Phi) is 8.40. The third-order valence-electron chi connectivity index (χ3n) is 6.94. The fraction of sp³-hybridized carbons (Fsp3) is 0.393. The maximum atomic E-state index is 15.7. The molecular weight excluding hydrogens is 481 g/mol. The van der Waals surface area contributed by atoms with Gasteiger partial charge in [-0.15, -0.1) is 0 Å². The van der Waals surface area contributed by atoms with Crippen LogP contribution in [-0.2, 0) is 4.79 Å². The Morgan fingerprint density at radius 1 is 1.28 bits per heavy atom. The number of likely N-dealkylation sites (tertiary alicyclic amines) is 1. The Morgan fingerprint density at radius 3 is 2.78 bits per heavy atom. The quantitative estimate of drug-likeness (QED) is 0.393. The Morgan fingerprint density at radius 2 is 2.08 bits per heavy atom. The van der Waals surface area contributed by atoms with Crippen LogP contribution in [0.25, 0.3) is 10.9 Å². The highest BCUT2D eigenvalue weighted by atomic mass is 35.5. The summed E-state index contributed by atoms with van der Waals surface area (Å²) in [5.41, 5.74) is 1.28. The number of ether oxygens (including phenoxy) is 1. The fourth-order valence-electron chi connectivity index (χ4n) is 4.89. The molecule has 0 unspecified atom stereocenters. The highest BCUT2D eigenvalue weighted by molar-refractivity contribution is 6.32. The van der Waals surface area contributed by atoms with Gasteiger partial charge < -0.3 is 9.84 Å². The molecule has 0 spiro atoms. The van der Waals surface area contributed by atoms with Gasteiger partial charge in [0.2, 0.25) is 0 Å². The summed E-state index contributed by atoms with van der Waals surface area (Å²) in [4.78, 5) is 22.4. The van der Waals surface area contributed by atoms with Crippen molar-refractivity contribution in [2.24, 2.45) is 5.41 Å². The summed E-state index contributed by atoms with van der Waals surface area (Å²) in [6, 6.07) is 10.9. The van der Waals surface area contributed by atoms with E-state index in [9.17, 15) is 9.90 Å². The minimum Gasteiger partial charge on any atom is -0.497 e. The third-order valence-corrected chi connectivity index (χ3v) is 7.24. The number of hydrogen-bond donors (Lipinski definition) is 1. The Bertz CT molecular complexity index is 1270. The van der Waals surface area contributed by atoms with Gasteiger partial charge in [-0.3, -0.25) is 14.7 Å². The molecule has 1 aliphatic heterocycles. The Balaban J connectivity index is 1.43. The van der Waals surface area contributed by atoms with Crippen LogP contribution in [0.15, 0.2) is 48.8 Å². The predicted octanol–water partition coefficient (Wildman–Crippen LogP) is 5.69. The number of hydrogen-bond acceptors (Lipinski definition) is 5. The van der Waals surface area contributed by atoms with Crippen LogP contribution in [0.2, 0.25) is 5.02 Å². The molecule has 2 aromatic heterocycles. The minimum absolute atomic E-state index is 0.0197. The number of alkyl halides is 1. The Labute approximate surface area is 215 Å². The molecule has 1 fully saturated rings. The molecule has 0 amide bonds. The zero-order valence-electron chi connectivity index (χ0n) is 20.2. The second-order valence-corrected chi connectivity index (χ2v) is 9.68. The number of halogens is 2. The Hall–Kier alpha value is -3.21. The highest BCUT2D eigenvalue weighted by Crippen LogP contribution is 2.44. The lowest BCUT2D eigenvalue weighted by atomic mass is 9.71. The maximum absolute atomic E-state index is 15.7. The number of aliphatic carboxylic acids is 1. The first kappa shape index (κ1) is 25.9. The largest absolute Gasteiger partial charge is 0.497 e. The molecule has 1 aliphatic rings. The molecule has 0 bridgehead atoms. The van der Waals surface area contributed by atoms with Gasteiger partial charge in [-0.25, -0.2) is 9.37 Å². The van der Waals surface area contributed by atoms with Crippen LogP contribution in [0.1, 0.15) is 49.5 Å². The molecule has 188 valence electrons. The van der Waals surface area contributed by atoms with Crippen LogP contribution in [0.5, 0.6) is 5.75 Å². The summed E-state index contributed by atoms with van der Waals surface area (Å²) in [7, 11) is 1.55. The van der Waals surface area contributed by atoms with Crippen molar-refractivity contribution in [1.82, 2.24) is 14.9 Å². The summed E-state index contributed by atoms with van der Waals surface area (Å²) in [6.45, 7) is 2.03. The van der Waals surface area contributed by atoms with E-state index >= 15 is 4.39 Å². The van der Waals surface area contributed by atoms with Crippen molar-refractivity contribution in [3.05, 3.63) is 65.1 Å². The second kappa shape index (κ2) is 11.7. The summed E-state index contributed by atoms with van der Waals surface area (Å²) in [5, 5.41) is 10.5. The normalized spacial score (nSPS) is 16.2. The predicted molar refractivity (Wildman–Crippen MR) is 138 cm³/mol. The molecule has 8 heteroatoms. The summed E-state index contributed by atoms with van der Waals surface area (Å²) < 4.78 is 21.0. The lowest BCUT2D eigenvalue weighted by Gasteiger charge is -2.41. The van der Waals surface area contributed by atoms with Crippen LogP contribution in [0.3, 0.4) is 0 Å². The van der Waals surface area contributed by atoms with E-state index in [1.165, 1.54) is 6.20 Å². The number of fused-ring (bicyclic) bond motifs is 1. The molecule has 1 saturated heterocycles. The van der Waals surface area contributed by atoms with Crippen molar-refractivity contribution < 1.29 is 19.0 Å². The smallest absolute Gasteiger partial charge is 0.303 e. The molecular formula is C28H29ClFN3O3. The van der Waals surface area contributed by atoms with E-state index in [0.29, 0.717) is 48.0 Å². The van der Waals surface area contributed by atoms with E-state index in [4.69, 9.17) is 16.3 Å². The van der Waals surface area contributed by atoms with Crippen molar-refractivity contribution in [2.75, 3.05) is 26.7 Å². The number of carboxylic acid groups (broad SMARTS) is 1. The average molecular weight is 510 g/mol. The lowest BCUT2D eigenvalue weighted by molar-refractivity contribution is -0.141. The molecule has 36 heavy (non-hydrogen) atoms. The number of piperidine rings is 1. The van der Waals surface area contributed by atoms with Crippen molar-refractivity contribution in [1.29, 1.82) is 0 Å². The number of methoxy groups -OCH3 is 1. The van der Waals surface area contributed by atoms with E-state index in [1.54, 1.807) is 31.5 Å². The minimum atomic E-state index is -1.34. The van der Waals surface area contributed by atoms with Crippen LogP contribution < -0.4 is 4.74 Å². The first-order valence-electron chi connectivity index (χ1n) is 12.0. The monoisotopic (exact) mass is 509 g/mol. The molecule has 6 nitrogen and oxygen atoms in total. The number of pyridine rings is 2. The van der Waals surface area contributed by atoms with E-state index in [0.717, 1.165) is 18.8 Å². The number of benzene rings is 1. The van der Waals surface area contributed by atoms with Gasteiger partial charge in [-0.1, -0.05) is 23.6 Å². The number of carbonyl (C=O) groups is 1. The first-order chi connectivity index (χ1) is 17.4. The highest BCUT2D eigenvalue weighted by Gasteiger charge is 2.37. The van der Waals surface area contributed by atoms with Gasteiger partial charge in [-0.2, -0.15) is 0 Å². The zero-order chi connectivity index (χ0) is 25.5. The molecule has 1 atom stereocenters. The van der Waals surface area contributed by atoms with Crippen molar-refractivity contribution in [2.45, 2.75) is 38.3 Å². The molecule has 3 aromatic rings. The summed E-state index contributed by atoms with van der Waals surface area (Å²) >= 11 is 6.38. The van der Waals surface area contributed by atoms with Crippen molar-refractivity contribution in [3.63, 3.8) is 0 Å². The molecule has 4 rings (SSSR count). The van der Waals surface area contributed by atoms with Gasteiger partial charge in [0.05, 0.1) is 30.6 Å². The van der Waals surface area contributed by atoms with Crippen LogP contribution in [0.4, 0.5) is 4.39 Å². The lowest BCUT2D eigenvalue weighted by Crippen LogP contribution is -2.41. The number of aromatic nitrogens is 2. The van der Waals surface area contributed by atoms with E-state index in [2.05, 4.69) is 26.7 Å². The van der Waals surface area contributed by atoms with E-state index in [1.807, 2.05) is 18.2 Å². The third kappa shape index (κ3) is 6.31. The summed E-state index contributed by atoms with van der Waals surface area (Å²) in [5.74, 6) is 5.95. The maximum Gasteiger partial charge on any atom is 0.303 e. The van der Waals surface area contributed by atoms with E-state index < -0.39 is 17.6 Å². The van der Waals surface area contributed by atoms with Gasteiger partial charge in [-0.05, 0) is 80.4 Å². The number of carboxylic acids is 1. The zero-order valence-corrected chi connectivity index (χ0v) is 21.0. The van der Waals surface area contributed by atoms with Crippen LogP contribution in [-0.4, -0.2) is 52.7 Å². The van der Waals surface area contributed by atoms with Crippen molar-refractivity contribution in [3.8, 4) is 17.6 Å². The number of nitrogens with zero attached hydrogens (tertiary/aromatic N) is 3. The molecule has 0 saturated carbocycles. The fourth-order valence-corrected chi connectivity index (χ4v) is 5.16. The molecule has 3 heterocycles. The van der Waals surface area contributed by atoms with Gasteiger partial charge >= 0.3 is 5.97 Å². The molecule has 0 radical (unpaired) electrons.